The van der Waals surface area contributed by atoms with Gasteiger partial charge in [-0.25, -0.2) is 4.39 Å². The highest BCUT2D eigenvalue weighted by Gasteiger charge is 2.27. The molecule has 1 rings (SSSR count). The van der Waals surface area contributed by atoms with Crippen LogP contribution in [0.4, 0.5) is 4.39 Å². The van der Waals surface area contributed by atoms with Crippen LogP contribution in [0.25, 0.3) is 0 Å². The minimum atomic E-state index is -0.923. The molecule has 0 aromatic carbocycles. The van der Waals surface area contributed by atoms with Gasteiger partial charge in [-0.15, -0.1) is 0 Å². The predicted octanol–water partition coefficient (Wildman–Crippen LogP) is 0.165. The van der Waals surface area contributed by atoms with Crippen LogP contribution in [-0.4, -0.2) is 43.2 Å². The molecule has 0 aromatic heterocycles. The normalized spacial score (nSPS) is 31.6. The van der Waals surface area contributed by atoms with Gasteiger partial charge < -0.3 is 10.2 Å². The molecule has 1 saturated heterocycles. The summed E-state index contributed by atoms with van der Waals surface area (Å²) in [5.41, 5.74) is 0. The zero-order chi connectivity index (χ0) is 9.14. The molecule has 70 valence electrons. The van der Waals surface area contributed by atoms with Crippen LogP contribution in [0.15, 0.2) is 0 Å². The maximum Gasteiger partial charge on any atom is 0.217 e. The van der Waals surface area contributed by atoms with E-state index in [1.807, 2.05) is 11.9 Å². The Kier molecular flexibility index (Phi) is 3.03. The Morgan fingerprint density at radius 1 is 1.67 bits per heavy atom. The molecule has 12 heavy (non-hydrogen) atoms. The van der Waals surface area contributed by atoms with E-state index in [0.29, 0.717) is 13.0 Å². The average Bonchev–Trinajstić information content (AvgIpc) is 1.94. The molecule has 1 aliphatic rings. The lowest BCUT2D eigenvalue weighted by Gasteiger charge is -2.32. The molecule has 1 amide bonds. The van der Waals surface area contributed by atoms with Gasteiger partial charge in [-0.2, -0.15) is 0 Å². The number of carbonyl (C=O) groups is 1. The topological polar surface area (TPSA) is 32.3 Å². The second-order valence-corrected chi connectivity index (χ2v) is 3.37. The summed E-state index contributed by atoms with van der Waals surface area (Å²) in [4.78, 5) is 12.6. The van der Waals surface area contributed by atoms with E-state index in [4.69, 9.17) is 0 Å². The van der Waals surface area contributed by atoms with Crippen molar-refractivity contribution in [1.82, 2.24) is 10.2 Å². The van der Waals surface area contributed by atoms with Gasteiger partial charge in [0.1, 0.15) is 6.17 Å². The van der Waals surface area contributed by atoms with Crippen molar-refractivity contribution in [2.75, 3.05) is 20.1 Å². The van der Waals surface area contributed by atoms with Crippen molar-refractivity contribution < 1.29 is 9.18 Å². The highest BCUT2D eigenvalue weighted by atomic mass is 19.1. The molecule has 4 heteroatoms. The second kappa shape index (κ2) is 3.85. The number of amides is 1. The molecule has 0 spiro atoms. The standard InChI is InChI=1S/C8H15FN2O/c1-6(12)10-8-3-4-11(2)5-7(8)9/h7-8H,3-5H2,1-2H3,(H,10,12). The van der Waals surface area contributed by atoms with Gasteiger partial charge >= 0.3 is 0 Å². The number of nitrogens with zero attached hydrogens (tertiary/aromatic N) is 1. The number of likely N-dealkylation sites (tertiary alicyclic amines) is 1. The lowest BCUT2D eigenvalue weighted by atomic mass is 10.0. The Labute approximate surface area is 71.9 Å². The van der Waals surface area contributed by atoms with Crippen molar-refractivity contribution in [3.8, 4) is 0 Å². The molecular weight excluding hydrogens is 159 g/mol. The summed E-state index contributed by atoms with van der Waals surface area (Å²) >= 11 is 0. The van der Waals surface area contributed by atoms with Crippen LogP contribution in [0.1, 0.15) is 13.3 Å². The monoisotopic (exact) mass is 174 g/mol. The molecule has 1 fully saturated rings. The Balaban J connectivity index is 2.39. The van der Waals surface area contributed by atoms with Crippen molar-refractivity contribution in [2.24, 2.45) is 0 Å². The number of hydrogen-bond donors (Lipinski definition) is 1. The summed E-state index contributed by atoms with van der Waals surface area (Å²) in [6.07, 6.45) is -0.218. The van der Waals surface area contributed by atoms with Crippen LogP contribution in [-0.2, 0) is 4.79 Å². The van der Waals surface area contributed by atoms with E-state index in [2.05, 4.69) is 5.32 Å². The first-order chi connectivity index (χ1) is 5.59. The SMILES string of the molecule is CC(=O)NC1CCN(C)CC1F. The van der Waals surface area contributed by atoms with Crippen LogP contribution in [0, 0.1) is 0 Å². The Bertz CT molecular complexity index is 174. The van der Waals surface area contributed by atoms with E-state index in [-0.39, 0.29) is 11.9 Å². The summed E-state index contributed by atoms with van der Waals surface area (Å²) in [6, 6.07) is -0.279. The molecule has 1 aliphatic heterocycles. The van der Waals surface area contributed by atoms with Gasteiger partial charge in [0.2, 0.25) is 5.91 Å². The molecule has 2 atom stereocenters. The number of alkyl halides is 1. The van der Waals surface area contributed by atoms with Crippen molar-refractivity contribution in [3.63, 3.8) is 0 Å². The fourth-order valence-electron chi connectivity index (χ4n) is 1.48. The van der Waals surface area contributed by atoms with E-state index in [0.717, 1.165) is 6.54 Å². The third-order valence-electron chi connectivity index (χ3n) is 2.13. The molecule has 0 saturated carbocycles. The minimum Gasteiger partial charge on any atom is -0.351 e. The van der Waals surface area contributed by atoms with Crippen LogP contribution in [0.5, 0.6) is 0 Å². The molecule has 3 nitrogen and oxygen atoms in total. The highest BCUT2D eigenvalue weighted by molar-refractivity contribution is 5.73. The van der Waals surface area contributed by atoms with Crippen molar-refractivity contribution in [1.29, 1.82) is 0 Å². The molecule has 0 bridgehead atoms. The number of rotatable bonds is 1. The Morgan fingerprint density at radius 2 is 2.33 bits per heavy atom. The summed E-state index contributed by atoms with van der Waals surface area (Å²) in [7, 11) is 1.89. The van der Waals surface area contributed by atoms with Gasteiger partial charge in [-0.05, 0) is 13.5 Å². The van der Waals surface area contributed by atoms with Gasteiger partial charge in [-0.3, -0.25) is 4.79 Å². The number of carbonyl (C=O) groups excluding carboxylic acids is 1. The first-order valence-electron chi connectivity index (χ1n) is 4.19. The van der Waals surface area contributed by atoms with Crippen molar-refractivity contribution in [2.45, 2.75) is 25.6 Å². The van der Waals surface area contributed by atoms with E-state index in [9.17, 15) is 9.18 Å². The fraction of sp³-hybridized carbons (Fsp3) is 0.875. The van der Waals surface area contributed by atoms with Crippen LogP contribution in [0.2, 0.25) is 0 Å². The third-order valence-corrected chi connectivity index (χ3v) is 2.13. The van der Waals surface area contributed by atoms with Crippen molar-refractivity contribution in [3.05, 3.63) is 0 Å². The van der Waals surface area contributed by atoms with E-state index in [1.165, 1.54) is 6.92 Å². The first kappa shape index (κ1) is 9.45. The first-order valence-corrected chi connectivity index (χ1v) is 4.19. The lowest BCUT2D eigenvalue weighted by molar-refractivity contribution is -0.120. The fourth-order valence-corrected chi connectivity index (χ4v) is 1.48. The van der Waals surface area contributed by atoms with Crippen molar-refractivity contribution >= 4 is 5.91 Å². The lowest BCUT2D eigenvalue weighted by Crippen LogP contribution is -2.50. The highest BCUT2D eigenvalue weighted by Crippen LogP contribution is 2.12. The molecular formula is C8H15FN2O. The molecule has 0 aromatic rings. The van der Waals surface area contributed by atoms with Gasteiger partial charge in [0.25, 0.3) is 0 Å². The molecule has 2 unspecified atom stereocenters. The second-order valence-electron chi connectivity index (χ2n) is 3.37. The smallest absolute Gasteiger partial charge is 0.217 e. The maximum absolute atomic E-state index is 13.2. The summed E-state index contributed by atoms with van der Waals surface area (Å²) in [6.45, 7) is 2.70. The van der Waals surface area contributed by atoms with Gasteiger partial charge in [0.15, 0.2) is 0 Å². The zero-order valence-corrected chi connectivity index (χ0v) is 7.51. The zero-order valence-electron chi connectivity index (χ0n) is 7.51. The Morgan fingerprint density at radius 3 is 2.83 bits per heavy atom. The molecule has 0 radical (unpaired) electrons. The van der Waals surface area contributed by atoms with Gasteiger partial charge in [0, 0.05) is 20.0 Å². The van der Waals surface area contributed by atoms with Gasteiger partial charge in [-0.1, -0.05) is 0 Å². The Hall–Kier alpha value is -0.640. The number of hydrogen-bond acceptors (Lipinski definition) is 2. The minimum absolute atomic E-state index is 0.146. The average molecular weight is 174 g/mol. The number of piperidine rings is 1. The van der Waals surface area contributed by atoms with E-state index < -0.39 is 6.17 Å². The predicted molar refractivity (Wildman–Crippen MR) is 44.6 cm³/mol. The summed E-state index contributed by atoms with van der Waals surface area (Å²) < 4.78 is 13.2. The van der Waals surface area contributed by atoms with Crippen LogP contribution in [0.3, 0.4) is 0 Å². The van der Waals surface area contributed by atoms with Crippen LogP contribution < -0.4 is 5.32 Å². The summed E-state index contributed by atoms with van der Waals surface area (Å²) in [5.74, 6) is -0.146. The third kappa shape index (κ3) is 2.44. The quantitative estimate of drug-likeness (QED) is 0.614. The van der Waals surface area contributed by atoms with Gasteiger partial charge in [0.05, 0.1) is 6.04 Å². The molecule has 0 aliphatic carbocycles. The van der Waals surface area contributed by atoms with E-state index >= 15 is 0 Å². The molecule has 1 heterocycles. The molecule has 1 N–H and O–H groups in total. The largest absolute Gasteiger partial charge is 0.351 e. The summed E-state index contributed by atoms with van der Waals surface area (Å²) in [5, 5.41) is 2.61. The van der Waals surface area contributed by atoms with Crippen LogP contribution >= 0.6 is 0 Å². The number of halogens is 1. The maximum atomic E-state index is 13.2. The number of nitrogens with one attached hydrogen (secondary N) is 1. The van der Waals surface area contributed by atoms with E-state index in [1.54, 1.807) is 0 Å².